The SMILES string of the molecule is C=Cc1cc(C2(C(C)C3CCN(C)CC3)CC2)ccc1NC1=NC=C(C(C)(F)F)CC1C. The van der Waals surface area contributed by atoms with E-state index in [0.29, 0.717) is 12.3 Å². The van der Waals surface area contributed by atoms with Gasteiger partial charge in [-0.05, 0) is 92.8 Å². The van der Waals surface area contributed by atoms with Crippen LogP contribution in [0.4, 0.5) is 14.5 Å². The summed E-state index contributed by atoms with van der Waals surface area (Å²) in [7, 11) is 2.22. The molecule has 32 heavy (non-hydrogen) atoms. The van der Waals surface area contributed by atoms with E-state index in [-0.39, 0.29) is 16.9 Å². The second-order valence-electron chi connectivity index (χ2n) is 10.4. The fourth-order valence-corrected chi connectivity index (χ4v) is 5.62. The Labute approximate surface area is 191 Å². The Morgan fingerprint density at radius 3 is 2.53 bits per heavy atom. The van der Waals surface area contributed by atoms with Gasteiger partial charge in [0.2, 0.25) is 0 Å². The largest absolute Gasteiger partial charge is 0.343 e. The molecule has 2 fully saturated rings. The summed E-state index contributed by atoms with van der Waals surface area (Å²) in [5.41, 5.74) is 3.79. The molecule has 2 unspecified atom stereocenters. The summed E-state index contributed by atoms with van der Waals surface area (Å²) in [6.07, 6.45) is 8.62. The number of nitrogens with zero attached hydrogens (tertiary/aromatic N) is 2. The number of rotatable bonds is 6. The van der Waals surface area contributed by atoms with Gasteiger partial charge in [0.15, 0.2) is 0 Å². The maximum Gasteiger partial charge on any atom is 0.268 e. The number of likely N-dealkylation sites (tertiary alicyclic amines) is 1. The van der Waals surface area contributed by atoms with Gasteiger partial charge in [-0.1, -0.05) is 32.6 Å². The van der Waals surface area contributed by atoms with Crippen molar-refractivity contribution < 1.29 is 8.78 Å². The number of hydrogen-bond acceptors (Lipinski definition) is 3. The molecule has 0 aromatic heterocycles. The van der Waals surface area contributed by atoms with E-state index >= 15 is 0 Å². The minimum atomic E-state index is -2.82. The molecule has 1 saturated carbocycles. The highest BCUT2D eigenvalue weighted by molar-refractivity contribution is 5.99. The van der Waals surface area contributed by atoms with Crippen molar-refractivity contribution in [2.45, 2.75) is 64.2 Å². The van der Waals surface area contributed by atoms with Crippen LogP contribution in [-0.2, 0) is 5.41 Å². The fraction of sp³-hybridized carbons (Fsp3) is 0.593. The minimum absolute atomic E-state index is 0.0857. The number of allylic oxidation sites excluding steroid dienone is 1. The van der Waals surface area contributed by atoms with Crippen molar-refractivity contribution in [1.29, 1.82) is 0 Å². The molecule has 174 valence electrons. The van der Waals surface area contributed by atoms with Gasteiger partial charge < -0.3 is 10.2 Å². The fourth-order valence-electron chi connectivity index (χ4n) is 5.62. The van der Waals surface area contributed by atoms with Gasteiger partial charge in [0.25, 0.3) is 5.92 Å². The lowest BCUT2D eigenvalue weighted by atomic mass is 9.72. The molecule has 2 atom stereocenters. The summed E-state index contributed by atoms with van der Waals surface area (Å²) in [6.45, 7) is 11.8. The van der Waals surface area contributed by atoms with Crippen molar-refractivity contribution in [3.63, 3.8) is 0 Å². The summed E-state index contributed by atoms with van der Waals surface area (Å²) >= 11 is 0. The minimum Gasteiger partial charge on any atom is -0.343 e. The molecule has 1 aromatic rings. The van der Waals surface area contributed by atoms with Crippen LogP contribution in [0.2, 0.25) is 0 Å². The Bertz CT molecular complexity index is 915. The van der Waals surface area contributed by atoms with Gasteiger partial charge in [-0.3, -0.25) is 0 Å². The van der Waals surface area contributed by atoms with E-state index in [0.717, 1.165) is 29.9 Å². The number of piperidine rings is 1. The number of amidine groups is 1. The summed E-state index contributed by atoms with van der Waals surface area (Å²) in [5.74, 6) is -0.712. The highest BCUT2D eigenvalue weighted by Crippen LogP contribution is 2.57. The molecule has 2 heterocycles. The summed E-state index contributed by atoms with van der Waals surface area (Å²) < 4.78 is 27.3. The number of anilines is 1. The number of hydrogen-bond donors (Lipinski definition) is 1. The second-order valence-corrected chi connectivity index (χ2v) is 10.4. The third kappa shape index (κ3) is 4.54. The normalized spacial score (nSPS) is 25.0. The maximum atomic E-state index is 13.7. The average molecular weight is 442 g/mol. The molecule has 1 saturated heterocycles. The molecule has 3 aliphatic rings. The second kappa shape index (κ2) is 8.74. The van der Waals surface area contributed by atoms with Gasteiger partial charge in [-0.15, -0.1) is 0 Å². The zero-order valence-electron chi connectivity index (χ0n) is 19.9. The molecule has 1 aromatic carbocycles. The van der Waals surface area contributed by atoms with Gasteiger partial charge in [0.05, 0.1) is 0 Å². The zero-order chi connectivity index (χ0) is 23.1. The number of nitrogens with one attached hydrogen (secondary N) is 1. The van der Waals surface area contributed by atoms with Crippen molar-refractivity contribution >= 4 is 17.6 Å². The first-order chi connectivity index (χ1) is 15.1. The molecule has 4 rings (SSSR count). The Hall–Kier alpha value is -2.01. The van der Waals surface area contributed by atoms with Gasteiger partial charge in [-0.2, -0.15) is 0 Å². The zero-order valence-corrected chi connectivity index (χ0v) is 19.9. The van der Waals surface area contributed by atoms with E-state index in [9.17, 15) is 8.78 Å². The van der Waals surface area contributed by atoms with E-state index in [1.807, 2.05) is 13.0 Å². The molecular weight excluding hydrogens is 404 g/mol. The molecule has 1 aliphatic carbocycles. The lowest BCUT2D eigenvalue weighted by Crippen LogP contribution is -2.36. The quantitative estimate of drug-likeness (QED) is 0.530. The lowest BCUT2D eigenvalue weighted by molar-refractivity contribution is 0.0578. The van der Waals surface area contributed by atoms with Crippen molar-refractivity contribution in [1.82, 2.24) is 4.90 Å². The van der Waals surface area contributed by atoms with Crippen LogP contribution < -0.4 is 5.32 Å². The van der Waals surface area contributed by atoms with Crippen LogP contribution in [0, 0.1) is 17.8 Å². The molecule has 0 radical (unpaired) electrons. The first kappa shape index (κ1) is 23.2. The van der Waals surface area contributed by atoms with E-state index in [4.69, 9.17) is 0 Å². The van der Waals surface area contributed by atoms with Gasteiger partial charge in [-0.25, -0.2) is 13.8 Å². The Kier molecular flexibility index (Phi) is 6.32. The highest BCUT2D eigenvalue weighted by Gasteiger charge is 2.51. The van der Waals surface area contributed by atoms with E-state index in [2.05, 4.69) is 54.0 Å². The first-order valence-corrected chi connectivity index (χ1v) is 12.0. The maximum absolute atomic E-state index is 13.7. The van der Waals surface area contributed by atoms with Gasteiger partial charge in [0, 0.05) is 30.3 Å². The third-order valence-electron chi connectivity index (χ3n) is 8.16. The average Bonchev–Trinajstić information content (AvgIpc) is 3.56. The molecule has 0 spiro atoms. The Morgan fingerprint density at radius 1 is 1.28 bits per heavy atom. The number of benzene rings is 1. The number of alkyl halides is 2. The molecular formula is C27H37F2N3. The number of aliphatic imine (C=N–C) groups is 1. The lowest BCUT2D eigenvalue weighted by Gasteiger charge is -2.37. The van der Waals surface area contributed by atoms with Gasteiger partial charge in [0.1, 0.15) is 5.84 Å². The van der Waals surface area contributed by atoms with Crippen LogP contribution in [0.25, 0.3) is 6.08 Å². The topological polar surface area (TPSA) is 27.6 Å². The van der Waals surface area contributed by atoms with Crippen molar-refractivity contribution in [2.24, 2.45) is 22.7 Å². The van der Waals surface area contributed by atoms with Crippen LogP contribution in [0.3, 0.4) is 0 Å². The standard InChI is InChI=1S/C27H37F2N3/c1-6-20-16-22(27(11-12-27)19(3)21-9-13-32(5)14-10-21)7-8-24(20)31-25-18(2)15-23(17-30-25)26(4,28)29/h6-8,16-19,21H,1,9-15H2,2-5H3,(H,30,31). The Balaban J connectivity index is 1.53. The van der Waals surface area contributed by atoms with Crippen molar-refractivity contribution in [3.05, 3.63) is 47.7 Å². The third-order valence-corrected chi connectivity index (χ3v) is 8.16. The van der Waals surface area contributed by atoms with Crippen molar-refractivity contribution in [3.8, 4) is 0 Å². The van der Waals surface area contributed by atoms with Crippen LogP contribution in [-0.4, -0.2) is 36.8 Å². The summed E-state index contributed by atoms with van der Waals surface area (Å²) in [5, 5.41) is 3.40. The predicted molar refractivity (Wildman–Crippen MR) is 130 cm³/mol. The Morgan fingerprint density at radius 2 is 1.97 bits per heavy atom. The van der Waals surface area contributed by atoms with Crippen LogP contribution in [0.5, 0.6) is 0 Å². The first-order valence-electron chi connectivity index (χ1n) is 12.0. The van der Waals surface area contributed by atoms with E-state index in [1.54, 1.807) is 0 Å². The molecule has 5 heteroatoms. The molecule has 0 amide bonds. The van der Waals surface area contributed by atoms with Crippen LogP contribution in [0.15, 0.2) is 41.5 Å². The van der Waals surface area contributed by atoms with Gasteiger partial charge >= 0.3 is 0 Å². The molecule has 2 aliphatic heterocycles. The van der Waals surface area contributed by atoms with E-state index < -0.39 is 5.92 Å². The highest BCUT2D eigenvalue weighted by atomic mass is 19.3. The smallest absolute Gasteiger partial charge is 0.268 e. The molecule has 0 bridgehead atoms. The van der Waals surface area contributed by atoms with Crippen LogP contribution in [0.1, 0.15) is 64.0 Å². The summed E-state index contributed by atoms with van der Waals surface area (Å²) in [4.78, 5) is 6.77. The number of halogens is 2. The molecule has 3 nitrogen and oxygen atoms in total. The van der Waals surface area contributed by atoms with E-state index in [1.165, 1.54) is 50.5 Å². The monoisotopic (exact) mass is 441 g/mol. The van der Waals surface area contributed by atoms with Crippen LogP contribution >= 0.6 is 0 Å². The van der Waals surface area contributed by atoms with Crippen molar-refractivity contribution in [2.75, 3.05) is 25.5 Å². The molecule has 1 N–H and O–H groups in total. The summed E-state index contributed by atoms with van der Waals surface area (Å²) in [6, 6.07) is 6.66. The predicted octanol–water partition coefficient (Wildman–Crippen LogP) is 6.73.